The number of nitrogens with one attached hydrogen (secondary N) is 1. The maximum absolute atomic E-state index is 13.1. The van der Waals surface area contributed by atoms with Gasteiger partial charge in [-0.1, -0.05) is 36.4 Å². The molecule has 1 atom stereocenters. The van der Waals surface area contributed by atoms with Crippen LogP contribution in [0.3, 0.4) is 0 Å². The zero-order valence-corrected chi connectivity index (χ0v) is 15.6. The van der Waals surface area contributed by atoms with Crippen molar-refractivity contribution < 1.29 is 14.3 Å². The summed E-state index contributed by atoms with van der Waals surface area (Å²) in [6.45, 7) is 3.84. The normalized spacial score (nSPS) is 15.9. The number of esters is 1. The molecule has 0 amide bonds. The van der Waals surface area contributed by atoms with E-state index < -0.39 is 11.9 Å². The molecule has 1 aliphatic heterocycles. The van der Waals surface area contributed by atoms with Crippen LogP contribution >= 0.6 is 0 Å². The van der Waals surface area contributed by atoms with Crippen molar-refractivity contribution in [3.63, 3.8) is 0 Å². The fraction of sp³-hybridized carbons (Fsp3) is 0.182. The summed E-state index contributed by atoms with van der Waals surface area (Å²) in [6, 6.07) is 14.9. The lowest BCUT2D eigenvalue weighted by molar-refractivity contribution is -0.139. The number of carbonyl (C=O) groups is 1. The number of rotatable bonds is 3. The first-order valence-corrected chi connectivity index (χ1v) is 9.08. The van der Waals surface area contributed by atoms with E-state index in [2.05, 4.69) is 4.98 Å². The molecular formula is C22H20N2O4. The van der Waals surface area contributed by atoms with Crippen LogP contribution in [0.25, 0.3) is 10.9 Å². The van der Waals surface area contributed by atoms with Crippen LogP contribution in [0.5, 0.6) is 5.75 Å². The van der Waals surface area contributed by atoms with Gasteiger partial charge in [0.05, 0.1) is 23.6 Å². The van der Waals surface area contributed by atoms with E-state index in [9.17, 15) is 9.59 Å². The second kappa shape index (κ2) is 6.88. The van der Waals surface area contributed by atoms with E-state index in [4.69, 9.17) is 15.2 Å². The predicted octanol–water partition coefficient (Wildman–Crippen LogP) is 3.09. The van der Waals surface area contributed by atoms with Crippen molar-refractivity contribution in [3.05, 3.63) is 87.0 Å². The highest BCUT2D eigenvalue weighted by Crippen LogP contribution is 2.44. The van der Waals surface area contributed by atoms with Crippen molar-refractivity contribution in [2.75, 3.05) is 6.61 Å². The van der Waals surface area contributed by atoms with Crippen molar-refractivity contribution in [3.8, 4) is 5.75 Å². The van der Waals surface area contributed by atoms with Gasteiger partial charge in [0, 0.05) is 5.39 Å². The third-order valence-corrected chi connectivity index (χ3v) is 4.96. The van der Waals surface area contributed by atoms with Gasteiger partial charge in [-0.25, -0.2) is 4.79 Å². The van der Waals surface area contributed by atoms with Crippen molar-refractivity contribution >= 4 is 16.9 Å². The summed E-state index contributed by atoms with van der Waals surface area (Å²) < 4.78 is 11.1. The maximum atomic E-state index is 13.1. The molecule has 6 nitrogen and oxygen atoms in total. The highest BCUT2D eigenvalue weighted by molar-refractivity contribution is 5.95. The molecule has 3 N–H and O–H groups in total. The molecule has 3 aromatic rings. The average molecular weight is 376 g/mol. The number of carbonyl (C=O) groups excluding carboxylic acids is 1. The largest absolute Gasteiger partial charge is 0.462 e. The van der Waals surface area contributed by atoms with E-state index in [1.54, 1.807) is 13.0 Å². The summed E-state index contributed by atoms with van der Waals surface area (Å²) in [5, 5.41) is 0.724. The zero-order chi connectivity index (χ0) is 19.8. The molecule has 142 valence electrons. The molecular weight excluding hydrogens is 356 g/mol. The molecule has 0 bridgehead atoms. The van der Waals surface area contributed by atoms with Gasteiger partial charge in [0.25, 0.3) is 5.56 Å². The Morgan fingerprint density at radius 3 is 2.64 bits per heavy atom. The third kappa shape index (κ3) is 2.74. The Balaban J connectivity index is 2.07. The Bertz CT molecular complexity index is 1180. The van der Waals surface area contributed by atoms with E-state index in [0.29, 0.717) is 16.8 Å². The number of benzene rings is 2. The topological polar surface area (TPSA) is 94.4 Å². The number of aromatic nitrogens is 1. The summed E-state index contributed by atoms with van der Waals surface area (Å²) in [5.41, 5.74) is 8.74. The van der Waals surface area contributed by atoms with Gasteiger partial charge in [-0.05, 0) is 37.1 Å². The minimum atomic E-state index is -0.683. The van der Waals surface area contributed by atoms with Crippen molar-refractivity contribution in [2.24, 2.45) is 5.73 Å². The standard InChI is InChI=1S/C22H20N2O4/c1-3-27-22(26)18-16(13-9-5-4-8-12(13)2)17-19(28-20(18)23)14-10-6-7-11-15(14)24-21(17)25/h4-11,16H,3,23H2,1-2H3,(H,24,25). The van der Waals surface area contributed by atoms with Crippen LogP contribution < -0.4 is 16.0 Å². The van der Waals surface area contributed by atoms with Gasteiger partial charge in [0.1, 0.15) is 11.3 Å². The van der Waals surface area contributed by atoms with Crippen LogP contribution in [0.4, 0.5) is 0 Å². The first-order chi connectivity index (χ1) is 13.5. The lowest BCUT2D eigenvalue weighted by atomic mass is 9.81. The number of aryl methyl sites for hydroxylation is 1. The van der Waals surface area contributed by atoms with Crippen molar-refractivity contribution in [2.45, 2.75) is 19.8 Å². The highest BCUT2D eigenvalue weighted by atomic mass is 16.5. The van der Waals surface area contributed by atoms with Crippen LogP contribution in [-0.4, -0.2) is 17.6 Å². The van der Waals surface area contributed by atoms with Crippen molar-refractivity contribution in [1.82, 2.24) is 4.98 Å². The first-order valence-electron chi connectivity index (χ1n) is 9.08. The number of H-pyrrole nitrogens is 1. The molecule has 2 aromatic carbocycles. The second-order valence-corrected chi connectivity index (χ2v) is 6.63. The zero-order valence-electron chi connectivity index (χ0n) is 15.6. The molecule has 0 aliphatic carbocycles. The summed E-state index contributed by atoms with van der Waals surface area (Å²) in [7, 11) is 0. The summed E-state index contributed by atoms with van der Waals surface area (Å²) in [5.74, 6) is -0.947. The van der Waals surface area contributed by atoms with Gasteiger partial charge >= 0.3 is 5.97 Å². The SMILES string of the molecule is CCOC(=O)C1=C(N)Oc2c(c(=O)[nH]c3ccccc23)C1c1ccccc1C. The molecule has 28 heavy (non-hydrogen) atoms. The molecule has 1 aliphatic rings. The van der Waals surface area contributed by atoms with Gasteiger partial charge in [-0.2, -0.15) is 0 Å². The van der Waals surface area contributed by atoms with E-state index in [1.165, 1.54) is 0 Å². The number of fused-ring (bicyclic) bond motifs is 3. The molecule has 0 radical (unpaired) electrons. The molecule has 1 aromatic heterocycles. The number of ether oxygens (including phenoxy) is 2. The van der Waals surface area contributed by atoms with Gasteiger partial charge in [0.2, 0.25) is 5.88 Å². The molecule has 0 spiro atoms. The Labute approximate surface area is 161 Å². The lowest BCUT2D eigenvalue weighted by Crippen LogP contribution is -2.32. The molecule has 0 saturated heterocycles. The average Bonchev–Trinajstić information content (AvgIpc) is 2.67. The highest BCUT2D eigenvalue weighted by Gasteiger charge is 2.39. The predicted molar refractivity (Wildman–Crippen MR) is 106 cm³/mol. The fourth-order valence-electron chi connectivity index (χ4n) is 3.70. The van der Waals surface area contributed by atoms with Crippen LogP contribution in [0, 0.1) is 6.92 Å². The van der Waals surface area contributed by atoms with E-state index in [0.717, 1.165) is 16.5 Å². The second-order valence-electron chi connectivity index (χ2n) is 6.63. The molecule has 2 heterocycles. The number of hydrogen-bond acceptors (Lipinski definition) is 5. The third-order valence-electron chi connectivity index (χ3n) is 4.96. The van der Waals surface area contributed by atoms with Gasteiger partial charge < -0.3 is 20.2 Å². The van der Waals surface area contributed by atoms with Crippen LogP contribution in [0.2, 0.25) is 0 Å². The van der Waals surface area contributed by atoms with E-state index in [-0.39, 0.29) is 23.6 Å². The van der Waals surface area contributed by atoms with Crippen LogP contribution in [0.15, 0.2) is 64.8 Å². The van der Waals surface area contributed by atoms with E-state index >= 15 is 0 Å². The fourth-order valence-corrected chi connectivity index (χ4v) is 3.70. The molecule has 6 heteroatoms. The summed E-state index contributed by atoms with van der Waals surface area (Å²) >= 11 is 0. The van der Waals surface area contributed by atoms with Crippen molar-refractivity contribution in [1.29, 1.82) is 0 Å². The quantitative estimate of drug-likeness (QED) is 0.685. The Kier molecular flexibility index (Phi) is 4.39. The molecule has 4 rings (SSSR count). The number of nitrogens with two attached hydrogens (primary N) is 1. The Morgan fingerprint density at radius 2 is 1.89 bits per heavy atom. The lowest BCUT2D eigenvalue weighted by Gasteiger charge is -2.29. The minimum Gasteiger partial charge on any atom is -0.462 e. The number of aromatic amines is 1. The summed E-state index contributed by atoms with van der Waals surface area (Å²) in [6.07, 6.45) is 0. The van der Waals surface area contributed by atoms with Gasteiger partial charge in [-0.3, -0.25) is 4.79 Å². The molecule has 0 fully saturated rings. The monoisotopic (exact) mass is 376 g/mol. The van der Waals surface area contributed by atoms with E-state index in [1.807, 2.05) is 49.4 Å². The molecule has 1 unspecified atom stereocenters. The maximum Gasteiger partial charge on any atom is 0.340 e. The smallest absolute Gasteiger partial charge is 0.340 e. The minimum absolute atomic E-state index is 0.0463. The first kappa shape index (κ1) is 17.9. The van der Waals surface area contributed by atoms with Gasteiger partial charge in [-0.15, -0.1) is 0 Å². The molecule has 0 saturated carbocycles. The van der Waals surface area contributed by atoms with Gasteiger partial charge in [0.15, 0.2) is 0 Å². The summed E-state index contributed by atoms with van der Waals surface area (Å²) in [4.78, 5) is 28.7. The number of hydrogen-bond donors (Lipinski definition) is 2. The van der Waals surface area contributed by atoms with Crippen LogP contribution in [0.1, 0.15) is 29.5 Å². The number of pyridine rings is 1. The Morgan fingerprint density at radius 1 is 1.18 bits per heavy atom. The Hall–Kier alpha value is -3.54. The number of para-hydroxylation sites is 1. The van der Waals surface area contributed by atoms with Crippen LogP contribution in [-0.2, 0) is 9.53 Å².